The SMILES string of the molecule is CCC1(CC)NC(=O)C(C)(CC)N(Cc2cccs2)C1=O. The summed E-state index contributed by atoms with van der Waals surface area (Å²) in [4.78, 5) is 28.6. The Balaban J connectivity index is 2.42. The maximum absolute atomic E-state index is 13.1. The molecule has 1 fully saturated rings. The fraction of sp³-hybridized carbons (Fsp3) is 0.625. The van der Waals surface area contributed by atoms with Gasteiger partial charge in [0.1, 0.15) is 11.1 Å². The van der Waals surface area contributed by atoms with Crippen LogP contribution in [0.5, 0.6) is 0 Å². The maximum atomic E-state index is 13.1. The van der Waals surface area contributed by atoms with Crippen molar-refractivity contribution in [3.8, 4) is 0 Å². The number of piperazine rings is 1. The number of amides is 2. The van der Waals surface area contributed by atoms with E-state index in [1.165, 1.54) is 0 Å². The lowest BCUT2D eigenvalue weighted by atomic mass is 9.81. The molecule has 1 aliphatic rings. The van der Waals surface area contributed by atoms with Crippen LogP contribution in [0.4, 0.5) is 0 Å². The van der Waals surface area contributed by atoms with E-state index in [-0.39, 0.29) is 11.8 Å². The van der Waals surface area contributed by atoms with E-state index in [1.807, 2.05) is 45.2 Å². The summed E-state index contributed by atoms with van der Waals surface area (Å²) in [6, 6.07) is 3.99. The van der Waals surface area contributed by atoms with Gasteiger partial charge in [-0.1, -0.05) is 26.8 Å². The van der Waals surface area contributed by atoms with Gasteiger partial charge in [0.15, 0.2) is 0 Å². The van der Waals surface area contributed by atoms with Crippen molar-refractivity contribution in [3.05, 3.63) is 22.4 Å². The number of carbonyl (C=O) groups excluding carboxylic acids is 2. The predicted octanol–water partition coefficient (Wildman–Crippen LogP) is 2.93. The van der Waals surface area contributed by atoms with Gasteiger partial charge in [-0.15, -0.1) is 11.3 Å². The number of nitrogens with one attached hydrogen (secondary N) is 1. The molecule has 1 aromatic heterocycles. The van der Waals surface area contributed by atoms with Crippen LogP contribution in [-0.4, -0.2) is 27.8 Å². The third-order valence-electron chi connectivity index (χ3n) is 4.88. The van der Waals surface area contributed by atoms with E-state index in [1.54, 1.807) is 16.2 Å². The smallest absolute Gasteiger partial charge is 0.249 e. The zero-order chi connectivity index (χ0) is 15.7. The number of carbonyl (C=O) groups is 2. The van der Waals surface area contributed by atoms with E-state index in [9.17, 15) is 9.59 Å². The molecular weight excluding hydrogens is 284 g/mol. The Hall–Kier alpha value is -1.36. The molecule has 0 spiro atoms. The maximum Gasteiger partial charge on any atom is 0.249 e. The third-order valence-corrected chi connectivity index (χ3v) is 5.74. The van der Waals surface area contributed by atoms with Gasteiger partial charge < -0.3 is 10.2 Å². The molecule has 0 aliphatic carbocycles. The Kier molecular flexibility index (Phi) is 4.42. The topological polar surface area (TPSA) is 49.4 Å². The van der Waals surface area contributed by atoms with Crippen molar-refractivity contribution in [2.24, 2.45) is 0 Å². The molecule has 5 heteroatoms. The molecule has 0 saturated carbocycles. The van der Waals surface area contributed by atoms with Crippen LogP contribution in [0.1, 0.15) is 51.8 Å². The van der Waals surface area contributed by atoms with Crippen molar-refractivity contribution < 1.29 is 9.59 Å². The number of hydrogen-bond acceptors (Lipinski definition) is 3. The average Bonchev–Trinajstić information content (AvgIpc) is 3.00. The van der Waals surface area contributed by atoms with E-state index in [0.717, 1.165) is 4.88 Å². The highest BCUT2D eigenvalue weighted by atomic mass is 32.1. The molecule has 1 unspecified atom stereocenters. The van der Waals surface area contributed by atoms with Gasteiger partial charge in [-0.2, -0.15) is 0 Å². The molecule has 116 valence electrons. The van der Waals surface area contributed by atoms with Gasteiger partial charge >= 0.3 is 0 Å². The Morgan fingerprint density at radius 2 is 1.86 bits per heavy atom. The summed E-state index contributed by atoms with van der Waals surface area (Å²) < 4.78 is 0. The van der Waals surface area contributed by atoms with Crippen molar-refractivity contribution in [2.45, 2.75) is 64.6 Å². The standard InChI is InChI=1S/C16H24N2O2S/c1-5-15(4)13(19)17-16(6-2,7-3)14(20)18(15)11-12-9-8-10-21-12/h8-10H,5-7,11H2,1-4H3,(H,17,19). The minimum Gasteiger partial charge on any atom is -0.340 e. The largest absolute Gasteiger partial charge is 0.340 e. The van der Waals surface area contributed by atoms with Crippen LogP contribution in [0.3, 0.4) is 0 Å². The molecule has 1 aliphatic heterocycles. The highest BCUT2D eigenvalue weighted by molar-refractivity contribution is 7.09. The fourth-order valence-electron chi connectivity index (χ4n) is 2.90. The van der Waals surface area contributed by atoms with Gasteiger partial charge in [-0.3, -0.25) is 9.59 Å². The molecule has 1 N–H and O–H groups in total. The van der Waals surface area contributed by atoms with Gasteiger partial charge in [0.25, 0.3) is 0 Å². The van der Waals surface area contributed by atoms with E-state index in [2.05, 4.69) is 5.32 Å². The van der Waals surface area contributed by atoms with Crippen LogP contribution in [0.15, 0.2) is 17.5 Å². The van der Waals surface area contributed by atoms with Crippen molar-refractivity contribution in [2.75, 3.05) is 0 Å². The van der Waals surface area contributed by atoms with E-state index < -0.39 is 11.1 Å². The first-order valence-electron chi connectivity index (χ1n) is 7.60. The van der Waals surface area contributed by atoms with Gasteiger partial charge in [-0.25, -0.2) is 0 Å². The molecule has 2 heterocycles. The fourth-order valence-corrected chi connectivity index (χ4v) is 3.59. The van der Waals surface area contributed by atoms with Crippen LogP contribution >= 0.6 is 11.3 Å². The van der Waals surface area contributed by atoms with Gasteiger partial charge in [-0.05, 0) is 37.6 Å². The molecule has 2 amide bonds. The monoisotopic (exact) mass is 308 g/mol. The molecule has 1 atom stereocenters. The van der Waals surface area contributed by atoms with Crippen molar-refractivity contribution in [1.82, 2.24) is 10.2 Å². The predicted molar refractivity (Wildman–Crippen MR) is 85.0 cm³/mol. The lowest BCUT2D eigenvalue weighted by molar-refractivity contribution is -0.163. The molecule has 0 aromatic carbocycles. The highest BCUT2D eigenvalue weighted by Crippen LogP contribution is 2.34. The number of thiophene rings is 1. The number of hydrogen-bond donors (Lipinski definition) is 1. The normalized spacial score (nSPS) is 25.0. The van der Waals surface area contributed by atoms with Gasteiger partial charge in [0, 0.05) is 4.88 Å². The average molecular weight is 308 g/mol. The first-order chi connectivity index (χ1) is 9.93. The third kappa shape index (κ3) is 2.48. The molecule has 2 rings (SSSR count). The second-order valence-electron chi connectivity index (χ2n) is 5.84. The number of rotatable bonds is 5. The first-order valence-corrected chi connectivity index (χ1v) is 8.48. The van der Waals surface area contributed by atoms with E-state index in [0.29, 0.717) is 25.8 Å². The molecule has 1 saturated heterocycles. The minimum absolute atomic E-state index is 0.0372. The second-order valence-corrected chi connectivity index (χ2v) is 6.87. The molecule has 21 heavy (non-hydrogen) atoms. The zero-order valence-electron chi connectivity index (χ0n) is 13.2. The van der Waals surface area contributed by atoms with Crippen LogP contribution in [-0.2, 0) is 16.1 Å². The van der Waals surface area contributed by atoms with Gasteiger partial charge in [0.2, 0.25) is 11.8 Å². The molecule has 0 radical (unpaired) electrons. The van der Waals surface area contributed by atoms with E-state index >= 15 is 0 Å². The minimum atomic E-state index is -0.769. The van der Waals surface area contributed by atoms with Crippen LogP contribution < -0.4 is 5.32 Å². The molecular formula is C16H24N2O2S. The van der Waals surface area contributed by atoms with Crippen LogP contribution in [0, 0.1) is 0 Å². The summed E-state index contributed by atoms with van der Waals surface area (Å²) in [6.07, 6.45) is 1.85. The Labute approximate surface area is 130 Å². The summed E-state index contributed by atoms with van der Waals surface area (Å²) in [5.74, 6) is 0.00899. The number of nitrogens with zero attached hydrogens (tertiary/aromatic N) is 1. The second kappa shape index (κ2) is 5.79. The van der Waals surface area contributed by atoms with Crippen molar-refractivity contribution in [1.29, 1.82) is 0 Å². The van der Waals surface area contributed by atoms with Crippen molar-refractivity contribution >= 4 is 23.2 Å². The molecule has 4 nitrogen and oxygen atoms in total. The quantitative estimate of drug-likeness (QED) is 0.909. The van der Waals surface area contributed by atoms with Crippen molar-refractivity contribution in [3.63, 3.8) is 0 Å². The van der Waals surface area contributed by atoms with E-state index in [4.69, 9.17) is 0 Å². The lowest BCUT2D eigenvalue weighted by Gasteiger charge is -2.50. The summed E-state index contributed by atoms with van der Waals surface area (Å²) in [7, 11) is 0. The zero-order valence-corrected chi connectivity index (χ0v) is 14.0. The first kappa shape index (κ1) is 16.0. The molecule has 0 bridgehead atoms. The lowest BCUT2D eigenvalue weighted by Crippen LogP contribution is -2.74. The summed E-state index contributed by atoms with van der Waals surface area (Å²) in [6.45, 7) is 8.25. The van der Waals surface area contributed by atoms with Crippen LogP contribution in [0.25, 0.3) is 0 Å². The van der Waals surface area contributed by atoms with Gasteiger partial charge in [0.05, 0.1) is 6.54 Å². The summed E-state index contributed by atoms with van der Waals surface area (Å²) in [5.41, 5.74) is -1.52. The van der Waals surface area contributed by atoms with Crippen LogP contribution in [0.2, 0.25) is 0 Å². The highest BCUT2D eigenvalue weighted by Gasteiger charge is 2.54. The summed E-state index contributed by atoms with van der Waals surface area (Å²) >= 11 is 1.62. The molecule has 1 aromatic rings. The Morgan fingerprint density at radius 3 is 2.33 bits per heavy atom. The summed E-state index contributed by atoms with van der Waals surface area (Å²) in [5, 5.41) is 5.00. The Morgan fingerprint density at radius 1 is 1.19 bits per heavy atom. The Bertz CT molecular complexity index is 522.